The van der Waals surface area contributed by atoms with Crippen LogP contribution < -0.4 is 4.74 Å². The van der Waals surface area contributed by atoms with Gasteiger partial charge in [0, 0.05) is 18.3 Å². The van der Waals surface area contributed by atoms with E-state index in [4.69, 9.17) is 4.74 Å². The Morgan fingerprint density at radius 3 is 2.78 bits per heavy atom. The molecule has 6 heteroatoms. The van der Waals surface area contributed by atoms with Crippen molar-refractivity contribution in [3.63, 3.8) is 0 Å². The Bertz CT molecular complexity index is 738. The highest BCUT2D eigenvalue weighted by Crippen LogP contribution is 2.33. The predicted molar refractivity (Wildman–Crippen MR) is 83.5 cm³/mol. The van der Waals surface area contributed by atoms with Crippen LogP contribution in [0, 0.1) is 0 Å². The van der Waals surface area contributed by atoms with Gasteiger partial charge in [-0.1, -0.05) is 18.2 Å². The van der Waals surface area contributed by atoms with Gasteiger partial charge < -0.3 is 19.3 Å². The van der Waals surface area contributed by atoms with E-state index in [0.29, 0.717) is 23.6 Å². The number of aryl methyl sites for hydroxylation is 1. The number of amides is 1. The van der Waals surface area contributed by atoms with E-state index < -0.39 is 12.0 Å². The van der Waals surface area contributed by atoms with E-state index in [9.17, 15) is 14.7 Å². The third-order valence-electron chi connectivity index (χ3n) is 4.00. The summed E-state index contributed by atoms with van der Waals surface area (Å²) in [5.41, 5.74) is 0.985. The van der Waals surface area contributed by atoms with Gasteiger partial charge in [0.25, 0.3) is 5.91 Å². The van der Waals surface area contributed by atoms with E-state index in [1.165, 1.54) is 4.90 Å². The van der Waals surface area contributed by atoms with E-state index >= 15 is 0 Å². The maximum Gasteiger partial charge on any atom is 0.331 e. The van der Waals surface area contributed by atoms with Crippen LogP contribution >= 0.6 is 0 Å². The molecule has 1 atom stereocenters. The number of carboxylic acids is 1. The van der Waals surface area contributed by atoms with Crippen LogP contribution in [0.5, 0.6) is 5.75 Å². The van der Waals surface area contributed by atoms with Crippen molar-refractivity contribution in [2.24, 2.45) is 0 Å². The summed E-state index contributed by atoms with van der Waals surface area (Å²) in [7, 11) is 0. The molecule has 0 spiro atoms. The van der Waals surface area contributed by atoms with E-state index in [1.54, 1.807) is 41.0 Å². The fraction of sp³-hybridized carbons (Fsp3) is 0.294. The van der Waals surface area contributed by atoms with Crippen molar-refractivity contribution in [1.82, 2.24) is 9.47 Å². The highest BCUT2D eigenvalue weighted by atomic mass is 16.5. The first kappa shape index (κ1) is 15.1. The summed E-state index contributed by atoms with van der Waals surface area (Å²) < 4.78 is 7.42. The third-order valence-corrected chi connectivity index (χ3v) is 4.00. The maximum absolute atomic E-state index is 12.9. The zero-order valence-corrected chi connectivity index (χ0v) is 12.8. The summed E-state index contributed by atoms with van der Waals surface area (Å²) in [4.78, 5) is 26.1. The van der Waals surface area contributed by atoms with Crippen LogP contribution in [0.2, 0.25) is 0 Å². The van der Waals surface area contributed by atoms with Crippen LogP contribution in [0.25, 0.3) is 0 Å². The second-order valence-corrected chi connectivity index (χ2v) is 5.31. The van der Waals surface area contributed by atoms with Gasteiger partial charge >= 0.3 is 5.97 Å². The molecule has 0 saturated carbocycles. The molecule has 1 aliphatic rings. The zero-order chi connectivity index (χ0) is 16.4. The topological polar surface area (TPSA) is 71.8 Å². The van der Waals surface area contributed by atoms with Crippen LogP contribution in [0.15, 0.2) is 42.6 Å². The Balaban J connectivity index is 2.04. The summed E-state index contributed by atoms with van der Waals surface area (Å²) in [5, 5.41) is 9.70. The monoisotopic (exact) mass is 314 g/mol. The summed E-state index contributed by atoms with van der Waals surface area (Å²) in [5.74, 6) is -0.850. The molecule has 1 aliphatic heterocycles. The molecule has 120 valence electrons. The standard InChI is InChI=1S/C17H18N2O4/c1-2-18-9-5-7-13(18)16(20)19-10-11-23-14-8-4-3-6-12(14)15(19)17(21)22/h3-9,15H,2,10-11H2,1H3,(H,21,22). The molecular weight excluding hydrogens is 296 g/mol. The molecule has 2 aromatic rings. The quantitative estimate of drug-likeness (QED) is 0.942. The highest BCUT2D eigenvalue weighted by molar-refractivity contribution is 5.96. The molecule has 2 heterocycles. The number of fused-ring (bicyclic) bond motifs is 1. The summed E-state index contributed by atoms with van der Waals surface area (Å²) >= 11 is 0. The van der Waals surface area contributed by atoms with Gasteiger partial charge in [0.15, 0.2) is 6.04 Å². The lowest BCUT2D eigenvalue weighted by molar-refractivity contribution is -0.142. The molecule has 1 unspecified atom stereocenters. The molecule has 1 aromatic heterocycles. The van der Waals surface area contributed by atoms with Crippen molar-refractivity contribution in [1.29, 1.82) is 0 Å². The second kappa shape index (κ2) is 6.16. The van der Waals surface area contributed by atoms with E-state index in [2.05, 4.69) is 0 Å². The zero-order valence-electron chi connectivity index (χ0n) is 12.8. The number of hydrogen-bond donors (Lipinski definition) is 1. The molecule has 23 heavy (non-hydrogen) atoms. The first-order chi connectivity index (χ1) is 11.1. The summed E-state index contributed by atoms with van der Waals surface area (Å²) in [6.07, 6.45) is 1.81. The van der Waals surface area contributed by atoms with Crippen molar-refractivity contribution in [3.8, 4) is 5.75 Å². The Hall–Kier alpha value is -2.76. The SMILES string of the molecule is CCn1cccc1C(=O)N1CCOc2ccccc2C1C(=O)O. The number of nitrogens with zero attached hydrogens (tertiary/aromatic N) is 2. The van der Waals surface area contributed by atoms with Gasteiger partial charge in [-0.05, 0) is 25.1 Å². The number of hydrogen-bond acceptors (Lipinski definition) is 3. The predicted octanol–water partition coefficient (Wildman–Crippen LogP) is 2.17. The lowest BCUT2D eigenvalue weighted by atomic mass is 10.0. The van der Waals surface area contributed by atoms with Crippen LogP contribution in [-0.2, 0) is 11.3 Å². The molecule has 1 amide bonds. The Morgan fingerprint density at radius 1 is 1.26 bits per heavy atom. The fourth-order valence-corrected chi connectivity index (χ4v) is 2.91. The Kier molecular flexibility index (Phi) is 4.06. The van der Waals surface area contributed by atoms with E-state index in [0.717, 1.165) is 0 Å². The Morgan fingerprint density at radius 2 is 2.04 bits per heavy atom. The smallest absolute Gasteiger partial charge is 0.331 e. The first-order valence-corrected chi connectivity index (χ1v) is 7.54. The molecule has 0 radical (unpaired) electrons. The van der Waals surface area contributed by atoms with Gasteiger partial charge in [-0.3, -0.25) is 4.79 Å². The first-order valence-electron chi connectivity index (χ1n) is 7.54. The van der Waals surface area contributed by atoms with Crippen LogP contribution in [0.1, 0.15) is 29.0 Å². The van der Waals surface area contributed by atoms with Gasteiger partial charge in [0.1, 0.15) is 18.1 Å². The molecule has 1 N–H and O–H groups in total. The number of carboxylic acid groups (broad SMARTS) is 1. The van der Waals surface area contributed by atoms with Crippen molar-refractivity contribution >= 4 is 11.9 Å². The molecule has 0 saturated heterocycles. The minimum Gasteiger partial charge on any atom is -0.491 e. The summed E-state index contributed by atoms with van der Waals surface area (Å²) in [6.45, 7) is 3.07. The number of aliphatic carboxylic acids is 1. The van der Waals surface area contributed by atoms with Gasteiger partial charge in [0.05, 0.1) is 6.54 Å². The molecule has 0 aliphatic carbocycles. The minimum atomic E-state index is -1.06. The number of aromatic nitrogens is 1. The average Bonchev–Trinajstić information content (AvgIpc) is 2.93. The largest absolute Gasteiger partial charge is 0.491 e. The third kappa shape index (κ3) is 2.67. The number of carbonyl (C=O) groups is 2. The number of benzene rings is 1. The van der Waals surface area contributed by atoms with Gasteiger partial charge in [-0.15, -0.1) is 0 Å². The lowest BCUT2D eigenvalue weighted by Crippen LogP contribution is -2.40. The maximum atomic E-state index is 12.9. The fourth-order valence-electron chi connectivity index (χ4n) is 2.91. The van der Waals surface area contributed by atoms with Gasteiger partial charge in [0.2, 0.25) is 0 Å². The van der Waals surface area contributed by atoms with E-state index in [1.807, 2.05) is 13.1 Å². The molecule has 3 rings (SSSR count). The van der Waals surface area contributed by atoms with Crippen molar-refractivity contribution < 1.29 is 19.4 Å². The van der Waals surface area contributed by atoms with Crippen LogP contribution in [0.3, 0.4) is 0 Å². The molecule has 6 nitrogen and oxygen atoms in total. The Labute approximate surface area is 133 Å². The minimum absolute atomic E-state index is 0.222. The lowest BCUT2D eigenvalue weighted by Gasteiger charge is -2.27. The summed E-state index contributed by atoms with van der Waals surface area (Å²) in [6, 6.07) is 9.41. The molecular formula is C17H18N2O4. The van der Waals surface area contributed by atoms with Gasteiger partial charge in [-0.2, -0.15) is 0 Å². The van der Waals surface area contributed by atoms with E-state index in [-0.39, 0.29) is 19.1 Å². The molecule has 0 bridgehead atoms. The van der Waals surface area contributed by atoms with Crippen LogP contribution in [0.4, 0.5) is 0 Å². The number of ether oxygens (including phenoxy) is 1. The number of carbonyl (C=O) groups excluding carboxylic acids is 1. The molecule has 0 fully saturated rings. The van der Waals surface area contributed by atoms with Crippen LogP contribution in [-0.4, -0.2) is 39.6 Å². The van der Waals surface area contributed by atoms with Gasteiger partial charge in [-0.25, -0.2) is 4.79 Å². The highest BCUT2D eigenvalue weighted by Gasteiger charge is 2.36. The average molecular weight is 314 g/mol. The number of para-hydroxylation sites is 1. The second-order valence-electron chi connectivity index (χ2n) is 5.31. The van der Waals surface area contributed by atoms with Crippen molar-refractivity contribution in [3.05, 3.63) is 53.9 Å². The number of rotatable bonds is 3. The molecule has 1 aromatic carbocycles. The normalized spacial score (nSPS) is 17.1. The van der Waals surface area contributed by atoms with Crippen molar-refractivity contribution in [2.45, 2.75) is 19.5 Å². The van der Waals surface area contributed by atoms with Crippen molar-refractivity contribution in [2.75, 3.05) is 13.2 Å².